The van der Waals surface area contributed by atoms with E-state index >= 15 is 0 Å². The van der Waals surface area contributed by atoms with Gasteiger partial charge in [-0.1, -0.05) is 24.3 Å². The van der Waals surface area contributed by atoms with Crippen LogP contribution in [0.1, 0.15) is 5.56 Å². The number of nitrogens with zero attached hydrogens (tertiary/aromatic N) is 1. The van der Waals surface area contributed by atoms with E-state index in [-0.39, 0.29) is 12.1 Å². The molecule has 0 aliphatic carbocycles. The molecule has 1 heterocycles. The molecule has 3 aromatic rings. The molecule has 0 saturated heterocycles. The van der Waals surface area contributed by atoms with Gasteiger partial charge in [0.1, 0.15) is 11.6 Å². The third-order valence-corrected chi connectivity index (χ3v) is 3.62. The van der Waals surface area contributed by atoms with Gasteiger partial charge >= 0.3 is 5.97 Å². The third kappa shape index (κ3) is 4.18. The number of ether oxygens (including phenoxy) is 1. The van der Waals surface area contributed by atoms with Gasteiger partial charge in [-0.2, -0.15) is 0 Å². The highest BCUT2D eigenvalue weighted by Crippen LogP contribution is 2.17. The second-order valence-electron chi connectivity index (χ2n) is 5.50. The van der Waals surface area contributed by atoms with E-state index in [4.69, 9.17) is 4.74 Å². The lowest BCUT2D eigenvalue weighted by atomic mass is 10.1. The number of aromatic nitrogens is 1. The zero-order valence-corrected chi connectivity index (χ0v) is 13.5. The molecule has 7 heteroatoms. The van der Waals surface area contributed by atoms with E-state index in [1.54, 1.807) is 24.4 Å². The number of carbonyl (C=O) groups is 2. The average Bonchev–Trinajstić information content (AvgIpc) is 2.63. The van der Waals surface area contributed by atoms with Crippen LogP contribution in [-0.2, 0) is 20.7 Å². The number of anilines is 1. The Kier molecular flexibility index (Phi) is 5.17. The second kappa shape index (κ2) is 7.69. The van der Waals surface area contributed by atoms with E-state index in [1.807, 2.05) is 12.1 Å². The number of hydrogen-bond acceptors (Lipinski definition) is 4. The summed E-state index contributed by atoms with van der Waals surface area (Å²) in [6.07, 6.45) is 1.56. The first-order valence-electron chi connectivity index (χ1n) is 7.76. The predicted molar refractivity (Wildman–Crippen MR) is 91.4 cm³/mol. The lowest BCUT2D eigenvalue weighted by molar-refractivity contribution is -0.146. The van der Waals surface area contributed by atoms with Gasteiger partial charge in [-0.15, -0.1) is 0 Å². The summed E-state index contributed by atoms with van der Waals surface area (Å²) in [5.41, 5.74) is 1.03. The lowest BCUT2D eigenvalue weighted by Gasteiger charge is -2.08. The molecule has 0 bridgehead atoms. The van der Waals surface area contributed by atoms with Crippen molar-refractivity contribution < 1.29 is 23.1 Å². The van der Waals surface area contributed by atoms with E-state index < -0.39 is 30.1 Å². The number of nitrogens with one attached hydrogen (secondary N) is 1. The molecule has 0 aliphatic rings. The van der Waals surface area contributed by atoms with Crippen molar-refractivity contribution in [1.82, 2.24) is 4.98 Å². The van der Waals surface area contributed by atoms with Crippen LogP contribution in [0.4, 0.5) is 14.5 Å². The highest BCUT2D eigenvalue weighted by atomic mass is 19.1. The van der Waals surface area contributed by atoms with Crippen molar-refractivity contribution in [3.05, 3.63) is 71.9 Å². The Morgan fingerprint density at radius 3 is 2.73 bits per heavy atom. The minimum Gasteiger partial charge on any atom is -0.455 e. The number of esters is 1. The third-order valence-electron chi connectivity index (χ3n) is 3.62. The molecule has 0 aliphatic heterocycles. The number of benzene rings is 2. The fourth-order valence-electron chi connectivity index (χ4n) is 2.44. The molecule has 0 spiro atoms. The van der Waals surface area contributed by atoms with Crippen LogP contribution >= 0.6 is 0 Å². The van der Waals surface area contributed by atoms with Crippen molar-refractivity contribution >= 4 is 28.5 Å². The van der Waals surface area contributed by atoms with E-state index in [0.717, 1.165) is 23.6 Å². The first kappa shape index (κ1) is 17.5. The first-order valence-corrected chi connectivity index (χ1v) is 7.76. The summed E-state index contributed by atoms with van der Waals surface area (Å²) < 4.78 is 31.4. The van der Waals surface area contributed by atoms with Crippen molar-refractivity contribution in [3.8, 4) is 0 Å². The number of halogens is 2. The van der Waals surface area contributed by atoms with E-state index in [1.165, 1.54) is 0 Å². The van der Waals surface area contributed by atoms with Crippen molar-refractivity contribution in [2.45, 2.75) is 6.42 Å². The number of fused-ring (bicyclic) bond motifs is 1. The molecule has 0 unspecified atom stereocenters. The number of carbonyl (C=O) groups excluding carboxylic acids is 2. The quantitative estimate of drug-likeness (QED) is 0.713. The van der Waals surface area contributed by atoms with Crippen molar-refractivity contribution in [2.24, 2.45) is 0 Å². The van der Waals surface area contributed by atoms with Gasteiger partial charge in [0.15, 0.2) is 6.61 Å². The zero-order valence-electron chi connectivity index (χ0n) is 13.5. The van der Waals surface area contributed by atoms with Gasteiger partial charge in [0.05, 0.1) is 17.6 Å². The molecule has 1 N–H and O–H groups in total. The summed E-state index contributed by atoms with van der Waals surface area (Å²) in [6, 6.07) is 11.8. The second-order valence-corrected chi connectivity index (χ2v) is 5.50. The summed E-state index contributed by atoms with van der Waals surface area (Å²) >= 11 is 0. The lowest BCUT2D eigenvalue weighted by Crippen LogP contribution is -2.22. The molecule has 132 valence electrons. The van der Waals surface area contributed by atoms with Gasteiger partial charge in [-0.25, -0.2) is 8.78 Å². The predicted octanol–water partition coefficient (Wildman–Crippen LogP) is 3.24. The Balaban J connectivity index is 1.58. The van der Waals surface area contributed by atoms with Crippen LogP contribution in [0.15, 0.2) is 54.7 Å². The normalized spacial score (nSPS) is 10.5. The molecule has 2 aromatic carbocycles. The number of pyridine rings is 1. The molecule has 5 nitrogen and oxygen atoms in total. The van der Waals surface area contributed by atoms with E-state index in [0.29, 0.717) is 11.1 Å². The SMILES string of the molecule is O=C(COC(=O)Cc1cccc2cccnc12)Nc1cc(F)ccc1F. The van der Waals surface area contributed by atoms with Crippen molar-refractivity contribution in [1.29, 1.82) is 0 Å². The average molecular weight is 356 g/mol. The van der Waals surface area contributed by atoms with Crippen LogP contribution in [0.3, 0.4) is 0 Å². The first-order chi connectivity index (χ1) is 12.5. The summed E-state index contributed by atoms with van der Waals surface area (Å²) in [4.78, 5) is 28.0. The maximum Gasteiger partial charge on any atom is 0.310 e. The summed E-state index contributed by atoms with van der Waals surface area (Å²) in [7, 11) is 0. The minimum absolute atomic E-state index is 0.0596. The van der Waals surface area contributed by atoms with Crippen molar-refractivity contribution in [2.75, 3.05) is 11.9 Å². The van der Waals surface area contributed by atoms with Gasteiger partial charge in [0.2, 0.25) is 0 Å². The Bertz CT molecular complexity index is 971. The standard InChI is InChI=1S/C19H14F2N2O3/c20-14-6-7-15(21)16(10-14)23-17(24)11-26-18(25)9-13-4-1-3-12-5-2-8-22-19(12)13/h1-8,10H,9,11H2,(H,23,24). The van der Waals surface area contributed by atoms with Crippen LogP contribution < -0.4 is 5.32 Å². The molecule has 1 aromatic heterocycles. The van der Waals surface area contributed by atoms with Gasteiger partial charge in [0.25, 0.3) is 5.91 Å². The van der Waals surface area contributed by atoms with Crippen molar-refractivity contribution in [3.63, 3.8) is 0 Å². The zero-order chi connectivity index (χ0) is 18.5. The topological polar surface area (TPSA) is 68.3 Å². The highest BCUT2D eigenvalue weighted by molar-refractivity contribution is 5.93. The molecule has 1 amide bonds. The van der Waals surface area contributed by atoms with Gasteiger partial charge < -0.3 is 10.1 Å². The summed E-state index contributed by atoms with van der Waals surface area (Å²) in [6.45, 7) is -0.604. The molecule has 26 heavy (non-hydrogen) atoms. The van der Waals surface area contributed by atoms with Gasteiger partial charge in [-0.05, 0) is 23.8 Å². The highest BCUT2D eigenvalue weighted by Gasteiger charge is 2.13. The Hall–Kier alpha value is -3.35. The maximum absolute atomic E-state index is 13.5. The van der Waals surface area contributed by atoms with Gasteiger partial charge in [-0.3, -0.25) is 14.6 Å². The van der Waals surface area contributed by atoms with Crippen LogP contribution in [0.25, 0.3) is 10.9 Å². The fourth-order valence-corrected chi connectivity index (χ4v) is 2.44. The van der Waals surface area contributed by atoms with Crippen LogP contribution in [0.2, 0.25) is 0 Å². The van der Waals surface area contributed by atoms with Crippen LogP contribution in [0.5, 0.6) is 0 Å². The monoisotopic (exact) mass is 356 g/mol. The van der Waals surface area contributed by atoms with Gasteiger partial charge in [0, 0.05) is 17.6 Å². The van der Waals surface area contributed by atoms with Crippen LogP contribution in [0, 0.1) is 11.6 Å². The molecule has 0 saturated carbocycles. The molecule has 0 fully saturated rings. The summed E-state index contributed by atoms with van der Waals surface area (Å²) in [5.74, 6) is -2.87. The number of rotatable bonds is 5. The molecular formula is C19H14F2N2O3. The Morgan fingerprint density at radius 1 is 1.08 bits per heavy atom. The van der Waals surface area contributed by atoms with E-state index in [9.17, 15) is 18.4 Å². The number of amides is 1. The molecule has 0 radical (unpaired) electrons. The molecule has 0 atom stereocenters. The number of para-hydroxylation sites is 1. The van der Waals surface area contributed by atoms with Crippen LogP contribution in [-0.4, -0.2) is 23.5 Å². The minimum atomic E-state index is -0.784. The Labute approximate surface area is 147 Å². The largest absolute Gasteiger partial charge is 0.455 e. The number of hydrogen-bond donors (Lipinski definition) is 1. The Morgan fingerprint density at radius 2 is 1.88 bits per heavy atom. The molecule has 3 rings (SSSR count). The maximum atomic E-state index is 13.5. The van der Waals surface area contributed by atoms with E-state index in [2.05, 4.69) is 10.3 Å². The smallest absolute Gasteiger partial charge is 0.310 e. The fraction of sp³-hybridized carbons (Fsp3) is 0.105. The summed E-state index contributed by atoms with van der Waals surface area (Å²) in [5, 5.41) is 3.04. The molecular weight excluding hydrogens is 342 g/mol.